The first-order valence-corrected chi connectivity index (χ1v) is 5.95. The Labute approximate surface area is 87.1 Å². The maximum atomic E-state index is 10.9. The third-order valence-electron chi connectivity index (χ3n) is 1.47. The van der Waals surface area contributed by atoms with Crippen molar-refractivity contribution in [3.63, 3.8) is 0 Å². The molecule has 82 valence electrons. The van der Waals surface area contributed by atoms with Crippen LogP contribution in [0.25, 0.3) is 0 Å². The molecule has 0 bridgehead atoms. The average Bonchev–Trinajstić information content (AvgIpc) is 2.10. The second-order valence-electron chi connectivity index (χ2n) is 3.08. The van der Waals surface area contributed by atoms with Crippen molar-refractivity contribution < 1.29 is 14.2 Å². The molecule has 5 nitrogen and oxygen atoms in total. The van der Waals surface area contributed by atoms with Gasteiger partial charge in [0.1, 0.15) is 11.5 Å². The Morgan fingerprint density at radius 3 is 2.57 bits per heavy atom. The van der Waals surface area contributed by atoms with Crippen LogP contribution in [0.3, 0.4) is 0 Å². The lowest BCUT2D eigenvalue weighted by Crippen LogP contribution is -2.23. The molecule has 0 aromatic carbocycles. The Balaban J connectivity index is 4.26. The predicted molar refractivity (Wildman–Crippen MR) is 56.7 cm³/mol. The zero-order valence-electron chi connectivity index (χ0n) is 8.86. The molecule has 1 N–H and O–H groups in total. The number of hydrogen-bond acceptors (Lipinski definition) is 4. The lowest BCUT2D eigenvalue weighted by atomic mass is 10.1. The summed E-state index contributed by atoms with van der Waals surface area (Å²) >= 11 is -0.975. The summed E-state index contributed by atoms with van der Waals surface area (Å²) in [6.07, 6.45) is 0.961. The summed E-state index contributed by atoms with van der Waals surface area (Å²) in [6, 6.07) is 0. The van der Waals surface area contributed by atoms with Crippen LogP contribution in [0, 0.1) is 5.92 Å². The molecule has 0 rings (SSSR count). The van der Waals surface area contributed by atoms with Gasteiger partial charge in [0.25, 0.3) is 0 Å². The summed E-state index contributed by atoms with van der Waals surface area (Å²) in [7, 11) is 1.45. The maximum absolute atomic E-state index is 10.9. The zero-order valence-corrected chi connectivity index (χ0v) is 9.68. The first-order chi connectivity index (χ1) is 6.47. The summed E-state index contributed by atoms with van der Waals surface area (Å²) in [4.78, 5) is 15.2. The minimum atomic E-state index is -0.975. The van der Waals surface area contributed by atoms with Gasteiger partial charge in [0.05, 0.1) is 6.26 Å². The molecule has 1 unspecified atom stereocenters. The van der Waals surface area contributed by atoms with E-state index in [1.165, 1.54) is 7.05 Å². The fourth-order valence-electron chi connectivity index (χ4n) is 0.652. The Kier molecular flexibility index (Phi) is 6.31. The monoisotopic (exact) mass is 220 g/mol. The summed E-state index contributed by atoms with van der Waals surface area (Å²) in [5.41, 5.74) is 0.620. The Hall–Kier alpha value is -0.750. The molecular weight excluding hydrogens is 204 g/mol. The molecule has 0 spiro atoms. The molecule has 0 aromatic heterocycles. The molecule has 0 heterocycles. The SMILES string of the molecule is CNC(=O)ON=C(C[S+](C)[O-])C(C)C. The Morgan fingerprint density at radius 1 is 1.64 bits per heavy atom. The maximum Gasteiger partial charge on any atom is 0.433 e. The van der Waals surface area contributed by atoms with E-state index in [0.29, 0.717) is 11.5 Å². The van der Waals surface area contributed by atoms with Crippen LogP contribution in [0.1, 0.15) is 13.8 Å². The van der Waals surface area contributed by atoms with Gasteiger partial charge in [0, 0.05) is 7.05 Å². The molecule has 14 heavy (non-hydrogen) atoms. The van der Waals surface area contributed by atoms with E-state index in [1.807, 2.05) is 13.8 Å². The number of oxime groups is 1. The van der Waals surface area contributed by atoms with Crippen molar-refractivity contribution in [3.05, 3.63) is 0 Å². The van der Waals surface area contributed by atoms with Crippen LogP contribution in [0.4, 0.5) is 4.79 Å². The van der Waals surface area contributed by atoms with Gasteiger partial charge in [-0.2, -0.15) is 0 Å². The molecule has 0 saturated heterocycles. The number of carbonyl (C=O) groups excluding carboxylic acids is 1. The third kappa shape index (κ3) is 5.82. The molecule has 0 saturated carbocycles. The van der Waals surface area contributed by atoms with Gasteiger partial charge in [0.2, 0.25) is 0 Å². The van der Waals surface area contributed by atoms with Crippen LogP contribution in [0.2, 0.25) is 0 Å². The summed E-state index contributed by atoms with van der Waals surface area (Å²) < 4.78 is 10.9. The van der Waals surface area contributed by atoms with Gasteiger partial charge in [-0.1, -0.05) is 30.2 Å². The second-order valence-corrected chi connectivity index (χ2v) is 4.52. The molecule has 6 heteroatoms. The fourth-order valence-corrected chi connectivity index (χ4v) is 1.45. The van der Waals surface area contributed by atoms with Crippen molar-refractivity contribution in [3.8, 4) is 0 Å². The molecular formula is C8H16N2O3S. The van der Waals surface area contributed by atoms with Crippen LogP contribution in [-0.2, 0) is 16.0 Å². The smallest absolute Gasteiger partial charge is 0.433 e. The lowest BCUT2D eigenvalue weighted by molar-refractivity contribution is 0.152. The second kappa shape index (κ2) is 6.67. The van der Waals surface area contributed by atoms with Crippen molar-refractivity contribution in [1.82, 2.24) is 5.32 Å². The van der Waals surface area contributed by atoms with E-state index in [4.69, 9.17) is 0 Å². The summed E-state index contributed by atoms with van der Waals surface area (Å²) in [5, 5.41) is 5.91. The fraction of sp³-hybridized carbons (Fsp3) is 0.750. The van der Waals surface area contributed by atoms with E-state index < -0.39 is 17.3 Å². The molecule has 0 aliphatic carbocycles. The molecule has 0 fully saturated rings. The van der Waals surface area contributed by atoms with Gasteiger partial charge in [-0.25, -0.2) is 4.79 Å². The number of carbonyl (C=O) groups is 1. The van der Waals surface area contributed by atoms with E-state index in [1.54, 1.807) is 6.26 Å². The van der Waals surface area contributed by atoms with Gasteiger partial charge >= 0.3 is 6.09 Å². The predicted octanol–water partition coefficient (Wildman–Crippen LogP) is 0.733. The number of hydrogen-bond donors (Lipinski definition) is 1. The minimum absolute atomic E-state index is 0.114. The van der Waals surface area contributed by atoms with Gasteiger partial charge < -0.3 is 9.87 Å². The zero-order chi connectivity index (χ0) is 11.1. The normalized spacial score (nSPS) is 14.0. The molecule has 1 atom stereocenters. The van der Waals surface area contributed by atoms with Crippen molar-refractivity contribution in [2.45, 2.75) is 13.8 Å². The summed E-state index contributed by atoms with van der Waals surface area (Å²) in [5.74, 6) is 0.442. The Bertz CT molecular complexity index is 217. The van der Waals surface area contributed by atoms with E-state index in [-0.39, 0.29) is 5.92 Å². The van der Waals surface area contributed by atoms with Gasteiger partial charge in [-0.05, 0) is 5.92 Å². The highest BCUT2D eigenvalue weighted by atomic mass is 32.2. The van der Waals surface area contributed by atoms with Crippen LogP contribution < -0.4 is 5.32 Å². The molecule has 0 aromatic rings. The van der Waals surface area contributed by atoms with E-state index in [2.05, 4.69) is 15.3 Å². The minimum Gasteiger partial charge on any atom is -0.616 e. The van der Waals surface area contributed by atoms with E-state index >= 15 is 0 Å². The van der Waals surface area contributed by atoms with Gasteiger partial charge in [0.15, 0.2) is 0 Å². The van der Waals surface area contributed by atoms with Gasteiger partial charge in [-0.15, -0.1) is 0 Å². The number of nitrogens with one attached hydrogen (secondary N) is 1. The topological polar surface area (TPSA) is 73.8 Å². The molecule has 0 radical (unpaired) electrons. The first kappa shape index (κ1) is 13.2. The molecule has 1 amide bonds. The standard InChI is InChI=1S/C8H16N2O3S/c1-6(2)7(5-14(4)12)10-13-8(11)9-3/h6H,5H2,1-4H3,(H,9,11). The quantitative estimate of drug-likeness (QED) is 0.328. The van der Waals surface area contributed by atoms with E-state index in [9.17, 15) is 9.35 Å². The Morgan fingerprint density at radius 2 is 2.21 bits per heavy atom. The van der Waals surface area contributed by atoms with Crippen LogP contribution in [0.5, 0.6) is 0 Å². The van der Waals surface area contributed by atoms with Crippen molar-refractivity contribution in [1.29, 1.82) is 0 Å². The average molecular weight is 220 g/mol. The molecule has 0 aliphatic heterocycles. The van der Waals surface area contributed by atoms with Crippen molar-refractivity contribution >= 4 is 23.0 Å². The van der Waals surface area contributed by atoms with Crippen molar-refractivity contribution in [2.24, 2.45) is 11.1 Å². The number of rotatable bonds is 4. The summed E-state index contributed by atoms with van der Waals surface area (Å²) in [6.45, 7) is 3.80. The highest BCUT2D eigenvalue weighted by Crippen LogP contribution is 2.01. The highest BCUT2D eigenvalue weighted by molar-refractivity contribution is 7.91. The largest absolute Gasteiger partial charge is 0.616 e. The van der Waals surface area contributed by atoms with Gasteiger partial charge in [-0.3, -0.25) is 4.84 Å². The highest BCUT2D eigenvalue weighted by Gasteiger charge is 2.12. The number of nitrogens with zero attached hydrogens (tertiary/aromatic N) is 1. The number of amides is 1. The third-order valence-corrected chi connectivity index (χ3v) is 2.17. The lowest BCUT2D eigenvalue weighted by Gasteiger charge is -2.10. The van der Waals surface area contributed by atoms with Crippen LogP contribution in [-0.4, -0.2) is 35.4 Å². The van der Waals surface area contributed by atoms with Crippen LogP contribution >= 0.6 is 0 Å². The van der Waals surface area contributed by atoms with Crippen LogP contribution in [0.15, 0.2) is 5.16 Å². The van der Waals surface area contributed by atoms with E-state index in [0.717, 1.165) is 0 Å². The van der Waals surface area contributed by atoms with Crippen molar-refractivity contribution in [2.75, 3.05) is 19.1 Å². The first-order valence-electron chi connectivity index (χ1n) is 4.22. The molecule has 0 aliphatic rings.